The monoisotopic (exact) mass is 318 g/mol. The van der Waals surface area contributed by atoms with Crippen molar-refractivity contribution >= 4 is 17.8 Å². The standard InChI is InChI=1S/C11H6F4N4OS/c12-7-3-1-6(2-4-7)10(11(13,14)15)18-8(20)19-9(21-10)16-5-17-19/h1-5H,(H,18,20)/t10-/m1/s1. The Labute approximate surface area is 119 Å². The van der Waals surface area contributed by atoms with Gasteiger partial charge in [0.1, 0.15) is 12.1 Å². The van der Waals surface area contributed by atoms with E-state index in [9.17, 15) is 22.4 Å². The summed E-state index contributed by atoms with van der Waals surface area (Å²) in [6, 6.07) is 2.69. The molecule has 0 radical (unpaired) electrons. The number of hydrogen-bond acceptors (Lipinski definition) is 4. The zero-order valence-electron chi connectivity index (χ0n) is 10.1. The van der Waals surface area contributed by atoms with Crippen molar-refractivity contribution in [2.75, 3.05) is 0 Å². The first-order chi connectivity index (χ1) is 9.83. The molecule has 1 amide bonds. The van der Waals surface area contributed by atoms with E-state index in [1.54, 1.807) is 0 Å². The molecule has 1 aliphatic rings. The molecule has 2 aromatic rings. The van der Waals surface area contributed by atoms with E-state index in [0.29, 0.717) is 11.8 Å². The van der Waals surface area contributed by atoms with Crippen molar-refractivity contribution in [1.82, 2.24) is 20.1 Å². The number of aromatic nitrogens is 3. The van der Waals surface area contributed by atoms with Crippen molar-refractivity contribution in [2.24, 2.45) is 0 Å². The summed E-state index contributed by atoms with van der Waals surface area (Å²) in [5, 5.41) is 5.23. The Kier molecular flexibility index (Phi) is 2.94. The van der Waals surface area contributed by atoms with Crippen LogP contribution < -0.4 is 5.32 Å². The fraction of sp³-hybridized carbons (Fsp3) is 0.182. The van der Waals surface area contributed by atoms with Crippen LogP contribution in [0.5, 0.6) is 0 Å². The summed E-state index contributed by atoms with van der Waals surface area (Å²) < 4.78 is 54.4. The number of benzene rings is 1. The lowest BCUT2D eigenvalue weighted by molar-refractivity contribution is -0.168. The molecule has 0 aliphatic carbocycles. The first-order valence-corrected chi connectivity index (χ1v) is 6.39. The minimum absolute atomic E-state index is 0.194. The smallest absolute Gasteiger partial charge is 0.309 e. The molecule has 0 saturated carbocycles. The molecule has 0 unspecified atom stereocenters. The Bertz CT molecular complexity index is 699. The largest absolute Gasteiger partial charge is 0.425 e. The molecule has 110 valence electrons. The van der Waals surface area contributed by atoms with E-state index in [2.05, 4.69) is 10.1 Å². The Hall–Kier alpha value is -2.10. The summed E-state index contributed by atoms with van der Waals surface area (Å²) in [4.78, 5) is 12.7. The number of amides is 1. The van der Waals surface area contributed by atoms with E-state index in [4.69, 9.17) is 0 Å². The van der Waals surface area contributed by atoms with Crippen LogP contribution in [0.4, 0.5) is 22.4 Å². The van der Waals surface area contributed by atoms with Crippen molar-refractivity contribution in [3.8, 4) is 0 Å². The van der Waals surface area contributed by atoms with Crippen LogP contribution in [-0.4, -0.2) is 27.0 Å². The zero-order chi connectivity index (χ0) is 15.3. The van der Waals surface area contributed by atoms with Crippen molar-refractivity contribution in [1.29, 1.82) is 0 Å². The zero-order valence-corrected chi connectivity index (χ0v) is 10.9. The van der Waals surface area contributed by atoms with Gasteiger partial charge < -0.3 is 5.32 Å². The topological polar surface area (TPSA) is 59.8 Å². The second-order valence-corrected chi connectivity index (χ2v) is 5.35. The number of thioether (sulfide) groups is 1. The van der Waals surface area contributed by atoms with Crippen molar-refractivity contribution in [3.63, 3.8) is 0 Å². The van der Waals surface area contributed by atoms with Gasteiger partial charge in [0.05, 0.1) is 0 Å². The number of hydrogen-bond donors (Lipinski definition) is 1. The van der Waals surface area contributed by atoms with E-state index in [0.717, 1.165) is 35.3 Å². The van der Waals surface area contributed by atoms with Crippen molar-refractivity contribution in [3.05, 3.63) is 42.0 Å². The minimum Gasteiger partial charge on any atom is -0.309 e. The molecule has 1 aromatic carbocycles. The molecule has 1 aliphatic heterocycles. The van der Waals surface area contributed by atoms with Gasteiger partial charge in [0, 0.05) is 0 Å². The SMILES string of the molecule is O=C1N[C@@](c2ccc(F)cc2)(C(F)(F)F)Sc2ncnn21. The van der Waals surface area contributed by atoms with Gasteiger partial charge in [-0.2, -0.15) is 17.9 Å². The summed E-state index contributed by atoms with van der Waals surface area (Å²) in [6.07, 6.45) is -3.83. The Morgan fingerprint density at radius 2 is 1.90 bits per heavy atom. The number of alkyl halides is 3. The van der Waals surface area contributed by atoms with Gasteiger partial charge in [-0.05, 0) is 29.5 Å². The van der Waals surface area contributed by atoms with Crippen LogP contribution in [0.3, 0.4) is 0 Å². The van der Waals surface area contributed by atoms with Crippen LogP contribution in [0.2, 0.25) is 0 Å². The molecular formula is C11H6F4N4OS. The first-order valence-electron chi connectivity index (χ1n) is 5.58. The average Bonchev–Trinajstić information content (AvgIpc) is 2.86. The van der Waals surface area contributed by atoms with Crippen LogP contribution >= 0.6 is 11.8 Å². The highest BCUT2D eigenvalue weighted by Gasteiger charge is 2.61. The van der Waals surface area contributed by atoms with Crippen molar-refractivity contribution < 1.29 is 22.4 Å². The first kappa shape index (κ1) is 13.9. The molecular weight excluding hydrogens is 312 g/mol. The number of carbonyl (C=O) groups is 1. The van der Waals surface area contributed by atoms with E-state index >= 15 is 0 Å². The fourth-order valence-electron chi connectivity index (χ4n) is 1.91. The molecule has 0 bridgehead atoms. The normalized spacial score (nSPS) is 21.8. The summed E-state index contributed by atoms with van der Waals surface area (Å²) in [6.45, 7) is 0. The lowest BCUT2D eigenvalue weighted by atomic mass is 10.1. The van der Waals surface area contributed by atoms with Crippen LogP contribution in [0.15, 0.2) is 35.7 Å². The molecule has 3 rings (SSSR count). The summed E-state index contributed by atoms with van der Waals surface area (Å²) in [5.74, 6) is -0.675. The van der Waals surface area contributed by atoms with E-state index in [-0.39, 0.29) is 10.7 Å². The van der Waals surface area contributed by atoms with E-state index < -0.39 is 22.9 Å². The Morgan fingerprint density at radius 3 is 2.52 bits per heavy atom. The average molecular weight is 318 g/mol. The molecule has 2 heterocycles. The predicted molar refractivity (Wildman–Crippen MR) is 63.9 cm³/mol. The van der Waals surface area contributed by atoms with Gasteiger partial charge in [-0.15, -0.1) is 5.10 Å². The Morgan fingerprint density at radius 1 is 1.24 bits per heavy atom. The predicted octanol–water partition coefficient (Wildman–Crippen LogP) is 2.50. The number of nitrogens with zero attached hydrogens (tertiary/aromatic N) is 3. The minimum atomic E-state index is -4.82. The second kappa shape index (κ2) is 4.45. The van der Waals surface area contributed by atoms with Gasteiger partial charge in [-0.25, -0.2) is 14.2 Å². The fourth-order valence-corrected chi connectivity index (χ4v) is 3.01. The molecule has 0 spiro atoms. The highest BCUT2D eigenvalue weighted by molar-refractivity contribution is 8.00. The molecule has 5 nitrogen and oxygen atoms in total. The quantitative estimate of drug-likeness (QED) is 0.821. The highest BCUT2D eigenvalue weighted by Crippen LogP contribution is 2.51. The van der Waals surface area contributed by atoms with Crippen LogP contribution in [0, 0.1) is 5.82 Å². The number of fused-ring (bicyclic) bond motifs is 1. The third kappa shape index (κ3) is 2.06. The molecule has 0 fully saturated rings. The third-order valence-corrected chi connectivity index (χ3v) is 4.22. The number of rotatable bonds is 1. The molecule has 1 N–H and O–H groups in total. The highest BCUT2D eigenvalue weighted by atomic mass is 32.2. The lowest BCUT2D eigenvalue weighted by Gasteiger charge is -2.37. The lowest BCUT2D eigenvalue weighted by Crippen LogP contribution is -2.57. The van der Waals surface area contributed by atoms with Gasteiger partial charge in [0.2, 0.25) is 4.87 Å². The van der Waals surface area contributed by atoms with E-state index in [1.807, 2.05) is 5.32 Å². The molecule has 10 heteroatoms. The van der Waals surface area contributed by atoms with Gasteiger partial charge in [0.15, 0.2) is 5.16 Å². The summed E-state index contributed by atoms with van der Waals surface area (Å²) >= 11 is 0.291. The molecule has 0 saturated heterocycles. The number of halogens is 4. The van der Waals surface area contributed by atoms with Crippen LogP contribution in [0.25, 0.3) is 0 Å². The van der Waals surface area contributed by atoms with Gasteiger partial charge in [-0.3, -0.25) is 0 Å². The number of nitrogens with one attached hydrogen (secondary N) is 1. The number of carbonyl (C=O) groups excluding carboxylic acids is 1. The molecule has 1 aromatic heterocycles. The van der Waals surface area contributed by atoms with E-state index in [1.165, 1.54) is 0 Å². The maximum atomic E-state index is 13.6. The van der Waals surface area contributed by atoms with Crippen LogP contribution in [-0.2, 0) is 4.87 Å². The van der Waals surface area contributed by atoms with Crippen molar-refractivity contribution in [2.45, 2.75) is 16.2 Å². The maximum absolute atomic E-state index is 13.6. The van der Waals surface area contributed by atoms with Crippen LogP contribution in [0.1, 0.15) is 5.56 Å². The second-order valence-electron chi connectivity index (χ2n) is 4.17. The molecule has 21 heavy (non-hydrogen) atoms. The van der Waals surface area contributed by atoms with Gasteiger partial charge in [-0.1, -0.05) is 12.1 Å². The maximum Gasteiger partial charge on any atom is 0.425 e. The van der Waals surface area contributed by atoms with Gasteiger partial charge >= 0.3 is 12.2 Å². The summed E-state index contributed by atoms with van der Waals surface area (Å²) in [5.41, 5.74) is -0.302. The van der Waals surface area contributed by atoms with Gasteiger partial charge in [0.25, 0.3) is 0 Å². The summed E-state index contributed by atoms with van der Waals surface area (Å²) in [7, 11) is 0. The molecule has 1 atom stereocenters. The third-order valence-electron chi connectivity index (χ3n) is 2.89. The Balaban J connectivity index is 2.17.